The number of likely N-dealkylation sites (tertiary alicyclic amines) is 1. The Kier molecular flexibility index (Phi) is 4.95. The summed E-state index contributed by atoms with van der Waals surface area (Å²) in [5.74, 6) is 0.497. The van der Waals surface area contributed by atoms with Crippen LogP contribution >= 0.6 is 22.9 Å². The zero-order valence-corrected chi connectivity index (χ0v) is 13.7. The molecule has 1 N–H and O–H groups in total. The molecule has 1 fully saturated rings. The monoisotopic (exact) mass is 335 g/mol. The van der Waals surface area contributed by atoms with Gasteiger partial charge in [-0.15, -0.1) is 11.3 Å². The number of urea groups is 1. The fourth-order valence-electron chi connectivity index (χ4n) is 2.70. The first-order chi connectivity index (χ1) is 10.7. The zero-order chi connectivity index (χ0) is 15.4. The van der Waals surface area contributed by atoms with Gasteiger partial charge in [0.05, 0.1) is 5.01 Å². The standard InChI is InChI=1S/C16H18ClN3OS/c17-14-3-1-2-12(10-14)11-19-16(21)20-7-4-13(5-8-20)15-18-6-9-22-15/h1-3,6,9-10,13H,4-5,7-8,11H2,(H,19,21). The van der Waals surface area contributed by atoms with Crippen LogP contribution in [-0.2, 0) is 6.54 Å². The minimum atomic E-state index is -0.00226. The van der Waals surface area contributed by atoms with Crippen LogP contribution in [0.2, 0.25) is 5.02 Å². The van der Waals surface area contributed by atoms with Crippen LogP contribution in [-0.4, -0.2) is 29.0 Å². The molecule has 1 aliphatic rings. The van der Waals surface area contributed by atoms with Gasteiger partial charge in [0.1, 0.15) is 0 Å². The number of nitrogens with one attached hydrogen (secondary N) is 1. The van der Waals surface area contributed by atoms with Gasteiger partial charge in [-0.05, 0) is 30.5 Å². The number of carbonyl (C=O) groups excluding carboxylic acids is 1. The molecule has 1 aromatic carbocycles. The average molecular weight is 336 g/mol. The van der Waals surface area contributed by atoms with Crippen LogP contribution < -0.4 is 5.32 Å². The molecule has 1 aliphatic heterocycles. The first kappa shape index (κ1) is 15.3. The minimum Gasteiger partial charge on any atom is -0.334 e. The number of hydrogen-bond donors (Lipinski definition) is 1. The zero-order valence-electron chi connectivity index (χ0n) is 12.2. The van der Waals surface area contributed by atoms with E-state index in [4.69, 9.17) is 11.6 Å². The quantitative estimate of drug-likeness (QED) is 0.925. The van der Waals surface area contributed by atoms with Gasteiger partial charge in [0.25, 0.3) is 0 Å². The molecule has 3 rings (SSSR count). The second-order valence-corrected chi connectivity index (χ2v) is 6.78. The lowest BCUT2D eigenvalue weighted by Crippen LogP contribution is -2.43. The smallest absolute Gasteiger partial charge is 0.317 e. The Bertz CT molecular complexity index is 624. The van der Waals surface area contributed by atoms with E-state index in [1.807, 2.05) is 40.7 Å². The van der Waals surface area contributed by atoms with Gasteiger partial charge in [0, 0.05) is 42.2 Å². The summed E-state index contributed by atoms with van der Waals surface area (Å²) < 4.78 is 0. The van der Waals surface area contributed by atoms with Crippen molar-refractivity contribution < 1.29 is 4.79 Å². The summed E-state index contributed by atoms with van der Waals surface area (Å²) in [6.07, 6.45) is 3.82. The fraction of sp³-hybridized carbons (Fsp3) is 0.375. The van der Waals surface area contributed by atoms with Crippen LogP contribution in [0.25, 0.3) is 0 Å². The molecule has 0 radical (unpaired) electrons. The highest BCUT2D eigenvalue weighted by Gasteiger charge is 2.24. The highest BCUT2D eigenvalue weighted by Crippen LogP contribution is 2.29. The van der Waals surface area contributed by atoms with Crippen molar-refractivity contribution in [2.24, 2.45) is 0 Å². The summed E-state index contributed by atoms with van der Waals surface area (Å²) in [6, 6.07) is 7.55. The van der Waals surface area contributed by atoms with Crippen molar-refractivity contribution in [3.8, 4) is 0 Å². The van der Waals surface area contributed by atoms with Crippen molar-refractivity contribution in [1.82, 2.24) is 15.2 Å². The Labute approximate surface area is 139 Å². The van der Waals surface area contributed by atoms with Crippen LogP contribution in [0.5, 0.6) is 0 Å². The Morgan fingerprint density at radius 3 is 2.91 bits per heavy atom. The van der Waals surface area contributed by atoms with Gasteiger partial charge in [0.2, 0.25) is 0 Å². The van der Waals surface area contributed by atoms with Crippen LogP contribution in [0.1, 0.15) is 29.3 Å². The van der Waals surface area contributed by atoms with Crippen molar-refractivity contribution in [3.63, 3.8) is 0 Å². The number of amides is 2. The topological polar surface area (TPSA) is 45.2 Å². The van der Waals surface area contributed by atoms with E-state index in [1.54, 1.807) is 11.3 Å². The maximum atomic E-state index is 12.2. The molecule has 0 aliphatic carbocycles. The molecule has 2 aromatic rings. The molecule has 6 heteroatoms. The van der Waals surface area contributed by atoms with E-state index in [1.165, 1.54) is 5.01 Å². The second-order valence-electron chi connectivity index (χ2n) is 5.42. The molecule has 1 saturated heterocycles. The summed E-state index contributed by atoms with van der Waals surface area (Å²) in [4.78, 5) is 18.5. The molecule has 0 atom stereocenters. The van der Waals surface area contributed by atoms with Gasteiger partial charge in [0.15, 0.2) is 0 Å². The van der Waals surface area contributed by atoms with E-state index in [0.717, 1.165) is 31.5 Å². The van der Waals surface area contributed by atoms with Crippen LogP contribution in [0.4, 0.5) is 4.79 Å². The Hall–Kier alpha value is -1.59. The van der Waals surface area contributed by atoms with E-state index >= 15 is 0 Å². The van der Waals surface area contributed by atoms with Crippen LogP contribution in [0.3, 0.4) is 0 Å². The largest absolute Gasteiger partial charge is 0.334 e. The first-order valence-electron chi connectivity index (χ1n) is 7.39. The van der Waals surface area contributed by atoms with E-state index in [9.17, 15) is 4.79 Å². The summed E-state index contributed by atoms with van der Waals surface area (Å²) >= 11 is 7.65. The maximum Gasteiger partial charge on any atom is 0.317 e. The summed E-state index contributed by atoms with van der Waals surface area (Å²) in [7, 11) is 0. The predicted octanol–water partition coefficient (Wildman–Crippen LogP) is 3.89. The van der Waals surface area contributed by atoms with E-state index in [-0.39, 0.29) is 6.03 Å². The summed E-state index contributed by atoms with van der Waals surface area (Å²) in [5.41, 5.74) is 1.01. The Morgan fingerprint density at radius 1 is 1.41 bits per heavy atom. The van der Waals surface area contributed by atoms with E-state index < -0.39 is 0 Å². The summed E-state index contributed by atoms with van der Waals surface area (Å²) in [6.45, 7) is 2.07. The molecular formula is C16H18ClN3OS. The van der Waals surface area contributed by atoms with Crippen molar-refractivity contribution in [2.45, 2.75) is 25.3 Å². The lowest BCUT2D eigenvalue weighted by atomic mass is 9.98. The van der Waals surface area contributed by atoms with Gasteiger partial charge >= 0.3 is 6.03 Å². The number of piperidine rings is 1. The Morgan fingerprint density at radius 2 is 2.23 bits per heavy atom. The third-order valence-corrected chi connectivity index (χ3v) is 5.09. The molecule has 2 amide bonds. The number of carbonyl (C=O) groups is 1. The number of rotatable bonds is 3. The number of nitrogens with zero attached hydrogens (tertiary/aromatic N) is 2. The van der Waals surface area contributed by atoms with Crippen molar-refractivity contribution in [2.75, 3.05) is 13.1 Å². The number of thiazole rings is 1. The number of benzene rings is 1. The minimum absolute atomic E-state index is 0.00226. The molecule has 0 saturated carbocycles. The molecule has 4 nitrogen and oxygen atoms in total. The van der Waals surface area contributed by atoms with E-state index in [0.29, 0.717) is 17.5 Å². The molecule has 1 aromatic heterocycles. The Balaban J connectivity index is 1.48. The molecule has 116 valence electrons. The molecule has 2 heterocycles. The van der Waals surface area contributed by atoms with E-state index in [2.05, 4.69) is 10.3 Å². The third-order valence-electron chi connectivity index (χ3n) is 3.92. The highest BCUT2D eigenvalue weighted by molar-refractivity contribution is 7.09. The highest BCUT2D eigenvalue weighted by atomic mass is 35.5. The van der Waals surface area contributed by atoms with Crippen LogP contribution in [0.15, 0.2) is 35.8 Å². The molecule has 0 spiro atoms. The van der Waals surface area contributed by atoms with Crippen molar-refractivity contribution in [3.05, 3.63) is 51.4 Å². The summed E-state index contributed by atoms with van der Waals surface area (Å²) in [5, 5.41) is 6.86. The van der Waals surface area contributed by atoms with Gasteiger partial charge in [-0.1, -0.05) is 23.7 Å². The number of halogens is 1. The lowest BCUT2D eigenvalue weighted by molar-refractivity contribution is 0.181. The average Bonchev–Trinajstić information content (AvgIpc) is 3.07. The number of aromatic nitrogens is 1. The van der Waals surface area contributed by atoms with Gasteiger partial charge in [-0.2, -0.15) is 0 Å². The molecular weight excluding hydrogens is 318 g/mol. The fourth-order valence-corrected chi connectivity index (χ4v) is 3.73. The normalized spacial score (nSPS) is 15.8. The predicted molar refractivity (Wildman–Crippen MR) is 89.3 cm³/mol. The van der Waals surface area contributed by atoms with Crippen LogP contribution in [0, 0.1) is 0 Å². The van der Waals surface area contributed by atoms with Gasteiger partial charge < -0.3 is 10.2 Å². The lowest BCUT2D eigenvalue weighted by Gasteiger charge is -2.31. The maximum absolute atomic E-state index is 12.2. The SMILES string of the molecule is O=C(NCc1cccc(Cl)c1)N1CCC(c2nccs2)CC1. The third kappa shape index (κ3) is 3.78. The number of hydrogen-bond acceptors (Lipinski definition) is 3. The van der Waals surface area contributed by atoms with Gasteiger partial charge in [-0.3, -0.25) is 0 Å². The second kappa shape index (κ2) is 7.11. The first-order valence-corrected chi connectivity index (χ1v) is 8.65. The molecule has 0 bridgehead atoms. The van der Waals surface area contributed by atoms with Crippen molar-refractivity contribution in [1.29, 1.82) is 0 Å². The van der Waals surface area contributed by atoms with Crippen molar-refractivity contribution >= 4 is 29.0 Å². The molecule has 0 unspecified atom stereocenters. The van der Waals surface area contributed by atoms with Gasteiger partial charge in [-0.25, -0.2) is 9.78 Å². The molecule has 22 heavy (non-hydrogen) atoms.